The lowest BCUT2D eigenvalue weighted by atomic mass is 9.74. The molecule has 0 atom stereocenters. The van der Waals surface area contributed by atoms with E-state index in [9.17, 15) is 0 Å². The van der Waals surface area contributed by atoms with E-state index in [2.05, 4.69) is 42.9 Å². The van der Waals surface area contributed by atoms with Crippen molar-refractivity contribution in [2.45, 2.75) is 58.8 Å². The van der Waals surface area contributed by atoms with Crippen LogP contribution in [0.25, 0.3) is 0 Å². The van der Waals surface area contributed by atoms with Crippen molar-refractivity contribution in [3.8, 4) is 11.8 Å². The van der Waals surface area contributed by atoms with Gasteiger partial charge in [-0.3, -0.25) is 0 Å². The second kappa shape index (κ2) is 7.32. The minimum atomic E-state index is 0.632. The first kappa shape index (κ1) is 15.6. The molecular formula is C19H31N. The molecule has 1 heteroatoms. The molecule has 1 aliphatic heterocycles. The Bertz CT molecular complexity index is 370. The van der Waals surface area contributed by atoms with Gasteiger partial charge in [0.2, 0.25) is 0 Å². The van der Waals surface area contributed by atoms with Crippen LogP contribution in [-0.2, 0) is 0 Å². The lowest BCUT2D eigenvalue weighted by Crippen LogP contribution is -2.53. The summed E-state index contributed by atoms with van der Waals surface area (Å²) in [4.78, 5) is 2.45. The molecule has 1 saturated heterocycles. The van der Waals surface area contributed by atoms with Gasteiger partial charge in [-0.05, 0) is 70.3 Å². The molecule has 0 bridgehead atoms. The molecule has 0 spiro atoms. The zero-order valence-electron chi connectivity index (χ0n) is 13.6. The predicted molar refractivity (Wildman–Crippen MR) is 87.5 cm³/mol. The Kier molecular flexibility index (Phi) is 5.73. The third-order valence-corrected chi connectivity index (χ3v) is 5.33. The molecule has 1 heterocycles. The lowest BCUT2D eigenvalue weighted by molar-refractivity contribution is 0.0119. The van der Waals surface area contributed by atoms with E-state index in [1.54, 1.807) is 0 Å². The molecule has 1 nitrogen and oxygen atoms in total. The summed E-state index contributed by atoms with van der Waals surface area (Å²) in [6.07, 6.45) is 14.3. The van der Waals surface area contributed by atoms with Crippen molar-refractivity contribution in [3.63, 3.8) is 0 Å². The van der Waals surface area contributed by atoms with Gasteiger partial charge in [-0.15, -0.1) is 11.8 Å². The molecule has 2 aliphatic rings. The average molecular weight is 273 g/mol. The highest BCUT2D eigenvalue weighted by Crippen LogP contribution is 2.37. The Hall–Kier alpha value is -0.740. The smallest absolute Gasteiger partial charge is 0.0203 e. The molecule has 1 aliphatic carbocycles. The maximum atomic E-state index is 3.34. The molecule has 0 amide bonds. The lowest BCUT2D eigenvalue weighted by Gasteiger charge is -2.48. The van der Waals surface area contributed by atoms with Crippen LogP contribution in [0.5, 0.6) is 0 Å². The molecule has 0 aromatic carbocycles. The maximum Gasteiger partial charge on any atom is 0.0203 e. The van der Waals surface area contributed by atoms with Crippen molar-refractivity contribution in [1.82, 2.24) is 4.90 Å². The van der Waals surface area contributed by atoms with Crippen LogP contribution in [0.2, 0.25) is 0 Å². The Balaban J connectivity index is 1.65. The summed E-state index contributed by atoms with van der Waals surface area (Å²) in [6.45, 7) is 6.93. The van der Waals surface area contributed by atoms with Crippen molar-refractivity contribution in [2.24, 2.45) is 17.3 Å². The van der Waals surface area contributed by atoms with Crippen LogP contribution < -0.4 is 0 Å². The molecule has 0 radical (unpaired) electrons. The normalized spacial score (nSPS) is 29.8. The van der Waals surface area contributed by atoms with E-state index in [1.165, 1.54) is 58.0 Å². The standard InChI is InChI=1S/C19H31N/c1-4-8-17-10-12-18(13-11-17)9-6-7-14-19(5-2)15-20(3)16-19/h6,9,17-18H,5,7,10-16H2,1-3H3/b9-6+. The number of likely N-dealkylation sites (tertiary alicyclic amines) is 1. The first-order chi connectivity index (χ1) is 9.67. The average Bonchev–Trinajstić information content (AvgIpc) is 2.43. The molecule has 0 aromatic heterocycles. The number of hydrogen-bond donors (Lipinski definition) is 0. The van der Waals surface area contributed by atoms with Gasteiger partial charge in [0.05, 0.1) is 0 Å². The van der Waals surface area contributed by atoms with Gasteiger partial charge in [-0.25, -0.2) is 0 Å². The highest BCUT2D eigenvalue weighted by Gasteiger charge is 2.38. The van der Waals surface area contributed by atoms with Crippen LogP contribution >= 0.6 is 0 Å². The van der Waals surface area contributed by atoms with E-state index in [0.29, 0.717) is 11.3 Å². The molecule has 2 rings (SSSR count). The van der Waals surface area contributed by atoms with Gasteiger partial charge in [0, 0.05) is 19.0 Å². The molecule has 112 valence electrons. The fourth-order valence-electron chi connectivity index (χ4n) is 4.00. The van der Waals surface area contributed by atoms with Crippen LogP contribution in [-0.4, -0.2) is 25.0 Å². The largest absolute Gasteiger partial charge is 0.305 e. The van der Waals surface area contributed by atoms with Crippen molar-refractivity contribution in [3.05, 3.63) is 12.2 Å². The number of nitrogens with zero attached hydrogens (tertiary/aromatic N) is 1. The molecule has 0 aromatic rings. The van der Waals surface area contributed by atoms with Crippen LogP contribution in [0, 0.1) is 29.1 Å². The number of hydrogen-bond acceptors (Lipinski definition) is 1. The van der Waals surface area contributed by atoms with E-state index in [4.69, 9.17) is 0 Å². The molecule has 2 fully saturated rings. The zero-order valence-corrected chi connectivity index (χ0v) is 13.6. The summed E-state index contributed by atoms with van der Waals surface area (Å²) in [5.74, 6) is 7.92. The first-order valence-electron chi connectivity index (χ1n) is 8.45. The number of rotatable bonds is 5. The van der Waals surface area contributed by atoms with Crippen LogP contribution in [0.15, 0.2) is 12.2 Å². The van der Waals surface area contributed by atoms with Gasteiger partial charge in [-0.1, -0.05) is 19.1 Å². The van der Waals surface area contributed by atoms with Crippen molar-refractivity contribution < 1.29 is 0 Å². The van der Waals surface area contributed by atoms with Gasteiger partial charge in [0.15, 0.2) is 0 Å². The van der Waals surface area contributed by atoms with E-state index in [1.807, 2.05) is 6.92 Å². The fraction of sp³-hybridized carbons (Fsp3) is 0.789. The SMILES string of the molecule is CC#CC1CCC(/C=C/CCC2(CC)CN(C)C2)CC1. The maximum absolute atomic E-state index is 3.34. The summed E-state index contributed by atoms with van der Waals surface area (Å²) in [5.41, 5.74) is 0.632. The van der Waals surface area contributed by atoms with Crippen LogP contribution in [0.1, 0.15) is 58.8 Å². The Morgan fingerprint density at radius 2 is 1.90 bits per heavy atom. The van der Waals surface area contributed by atoms with Gasteiger partial charge in [0.1, 0.15) is 0 Å². The molecule has 0 N–H and O–H groups in total. The van der Waals surface area contributed by atoms with Gasteiger partial charge >= 0.3 is 0 Å². The Morgan fingerprint density at radius 3 is 2.45 bits per heavy atom. The first-order valence-corrected chi connectivity index (χ1v) is 8.45. The Morgan fingerprint density at radius 1 is 1.20 bits per heavy atom. The van der Waals surface area contributed by atoms with E-state index >= 15 is 0 Å². The summed E-state index contributed by atoms with van der Waals surface area (Å²) in [7, 11) is 2.24. The quantitative estimate of drug-likeness (QED) is 0.527. The second-order valence-corrected chi connectivity index (χ2v) is 7.00. The fourth-order valence-corrected chi connectivity index (χ4v) is 4.00. The highest BCUT2D eigenvalue weighted by atomic mass is 15.2. The third kappa shape index (κ3) is 4.13. The summed E-state index contributed by atoms with van der Waals surface area (Å²) in [6, 6.07) is 0. The second-order valence-electron chi connectivity index (χ2n) is 7.00. The van der Waals surface area contributed by atoms with E-state index in [0.717, 1.165) is 5.92 Å². The minimum Gasteiger partial charge on any atom is -0.305 e. The van der Waals surface area contributed by atoms with E-state index < -0.39 is 0 Å². The third-order valence-electron chi connectivity index (χ3n) is 5.33. The highest BCUT2D eigenvalue weighted by molar-refractivity contribution is 5.04. The summed E-state index contributed by atoms with van der Waals surface area (Å²) < 4.78 is 0. The summed E-state index contributed by atoms with van der Waals surface area (Å²) in [5, 5.41) is 0. The number of allylic oxidation sites excluding steroid dienone is 2. The van der Waals surface area contributed by atoms with Gasteiger partial charge in [-0.2, -0.15) is 0 Å². The van der Waals surface area contributed by atoms with Crippen LogP contribution in [0.3, 0.4) is 0 Å². The zero-order chi connectivity index (χ0) is 14.4. The molecule has 20 heavy (non-hydrogen) atoms. The molecule has 0 unspecified atom stereocenters. The monoisotopic (exact) mass is 273 g/mol. The van der Waals surface area contributed by atoms with Crippen molar-refractivity contribution >= 4 is 0 Å². The van der Waals surface area contributed by atoms with Gasteiger partial charge < -0.3 is 4.90 Å². The van der Waals surface area contributed by atoms with E-state index in [-0.39, 0.29) is 0 Å². The topological polar surface area (TPSA) is 3.24 Å². The molecular weight excluding hydrogens is 242 g/mol. The summed E-state index contributed by atoms with van der Waals surface area (Å²) >= 11 is 0. The minimum absolute atomic E-state index is 0.632. The predicted octanol–water partition coefficient (Wildman–Crippen LogP) is 4.49. The van der Waals surface area contributed by atoms with Crippen LogP contribution in [0.4, 0.5) is 0 Å². The Labute approximate surface area is 125 Å². The van der Waals surface area contributed by atoms with Crippen molar-refractivity contribution in [1.29, 1.82) is 0 Å². The van der Waals surface area contributed by atoms with Crippen molar-refractivity contribution in [2.75, 3.05) is 20.1 Å². The molecule has 1 saturated carbocycles. The van der Waals surface area contributed by atoms with Gasteiger partial charge in [0.25, 0.3) is 0 Å².